The molecule has 0 heterocycles. The van der Waals surface area contributed by atoms with E-state index in [0.29, 0.717) is 0 Å². The van der Waals surface area contributed by atoms with Gasteiger partial charge in [-0.25, -0.2) is 0 Å². The van der Waals surface area contributed by atoms with Gasteiger partial charge in [0, 0.05) is 19.6 Å². The molecule has 0 unspecified atom stereocenters. The number of hydrogen-bond acceptors (Lipinski definition) is 1. The second-order valence-electron chi connectivity index (χ2n) is 1.38. The molecule has 0 aromatic heterocycles. The molecule has 0 saturated carbocycles. The second-order valence-corrected chi connectivity index (χ2v) is 1.38. The summed E-state index contributed by atoms with van der Waals surface area (Å²) in [7, 11) is 1.97. The smallest absolute Gasteiger partial charge is 0.0228 e. The van der Waals surface area contributed by atoms with Gasteiger partial charge in [-0.1, -0.05) is 5.92 Å². The highest BCUT2D eigenvalue weighted by atomic mass is 15.0. The first kappa shape index (κ1) is 6.36. The van der Waals surface area contributed by atoms with Crippen molar-refractivity contribution in [2.24, 2.45) is 0 Å². The average Bonchev–Trinajstić information content (AvgIpc) is 1.68. The first-order valence-corrected chi connectivity index (χ1v) is 2.44. The van der Waals surface area contributed by atoms with Gasteiger partial charge in [-0.2, -0.15) is 0 Å². The molecule has 1 nitrogen and oxygen atoms in total. The SMILES string of the molecule is CC#CN(C)CC. The molecule has 0 aromatic carbocycles. The lowest BCUT2D eigenvalue weighted by molar-refractivity contribution is 0.512. The third-order valence-electron chi connectivity index (χ3n) is 0.777. The first-order chi connectivity index (χ1) is 3.31. The standard InChI is InChI=1S/C6H11N/c1-4-6-7(3)5-2/h5H2,1-3H3. The van der Waals surface area contributed by atoms with Crippen LogP contribution in [-0.2, 0) is 0 Å². The summed E-state index contributed by atoms with van der Waals surface area (Å²) in [5.74, 6) is 2.79. The Balaban J connectivity index is 3.29. The lowest BCUT2D eigenvalue weighted by atomic mass is 10.6. The minimum absolute atomic E-state index is 1.00. The van der Waals surface area contributed by atoms with Crippen LogP contribution in [0.25, 0.3) is 0 Å². The molecule has 0 atom stereocenters. The van der Waals surface area contributed by atoms with Gasteiger partial charge < -0.3 is 4.90 Å². The van der Waals surface area contributed by atoms with E-state index in [1.807, 2.05) is 18.9 Å². The second kappa shape index (κ2) is 3.55. The zero-order valence-corrected chi connectivity index (χ0v) is 5.15. The third-order valence-corrected chi connectivity index (χ3v) is 0.777. The molecule has 7 heavy (non-hydrogen) atoms. The zero-order valence-electron chi connectivity index (χ0n) is 5.15. The summed E-state index contributed by atoms with van der Waals surface area (Å²) in [6.07, 6.45) is 0. The molecular weight excluding hydrogens is 86.1 g/mol. The van der Waals surface area contributed by atoms with E-state index in [0.717, 1.165) is 6.54 Å². The fourth-order valence-corrected chi connectivity index (χ4v) is 0.270. The van der Waals surface area contributed by atoms with Crippen LogP contribution in [0, 0.1) is 12.0 Å². The summed E-state index contributed by atoms with van der Waals surface area (Å²) >= 11 is 0. The molecule has 0 amide bonds. The fraction of sp³-hybridized carbons (Fsp3) is 0.667. The Morgan fingerprint density at radius 2 is 2.14 bits per heavy atom. The van der Waals surface area contributed by atoms with Crippen LogP contribution in [-0.4, -0.2) is 18.5 Å². The highest BCUT2D eigenvalue weighted by Crippen LogP contribution is 1.71. The predicted octanol–water partition coefficient (Wildman–Crippen LogP) is 0.919. The first-order valence-electron chi connectivity index (χ1n) is 2.44. The van der Waals surface area contributed by atoms with Gasteiger partial charge in [0.15, 0.2) is 0 Å². The van der Waals surface area contributed by atoms with Crippen molar-refractivity contribution < 1.29 is 0 Å². The Hall–Kier alpha value is -0.640. The van der Waals surface area contributed by atoms with Crippen molar-refractivity contribution in [3.8, 4) is 12.0 Å². The van der Waals surface area contributed by atoms with Crippen molar-refractivity contribution in [1.82, 2.24) is 4.90 Å². The minimum Gasteiger partial charge on any atom is -0.336 e. The van der Waals surface area contributed by atoms with E-state index in [1.165, 1.54) is 0 Å². The van der Waals surface area contributed by atoms with E-state index in [2.05, 4.69) is 18.9 Å². The maximum Gasteiger partial charge on any atom is 0.0228 e. The summed E-state index contributed by atoms with van der Waals surface area (Å²) in [5, 5.41) is 0. The van der Waals surface area contributed by atoms with Crippen molar-refractivity contribution in [1.29, 1.82) is 0 Å². The molecule has 0 N–H and O–H groups in total. The minimum atomic E-state index is 1.00. The molecular formula is C6H11N. The summed E-state index contributed by atoms with van der Waals surface area (Å²) < 4.78 is 0. The Bertz CT molecular complexity index is 86.1. The number of rotatable bonds is 1. The zero-order chi connectivity index (χ0) is 5.70. The van der Waals surface area contributed by atoms with Crippen LogP contribution in [0.1, 0.15) is 13.8 Å². The Labute approximate surface area is 45.3 Å². The van der Waals surface area contributed by atoms with Crippen LogP contribution < -0.4 is 0 Å². The largest absolute Gasteiger partial charge is 0.336 e. The lowest BCUT2D eigenvalue weighted by Gasteiger charge is -2.03. The van der Waals surface area contributed by atoms with Crippen LogP contribution in [0.5, 0.6) is 0 Å². The van der Waals surface area contributed by atoms with Crippen LogP contribution in [0.2, 0.25) is 0 Å². The van der Waals surface area contributed by atoms with Gasteiger partial charge in [-0.3, -0.25) is 0 Å². The van der Waals surface area contributed by atoms with Gasteiger partial charge in [-0.05, 0) is 13.8 Å². The van der Waals surface area contributed by atoms with E-state index < -0.39 is 0 Å². The van der Waals surface area contributed by atoms with Crippen molar-refractivity contribution in [2.75, 3.05) is 13.6 Å². The molecule has 0 bridgehead atoms. The molecule has 0 aromatic rings. The van der Waals surface area contributed by atoms with Crippen LogP contribution in [0.4, 0.5) is 0 Å². The van der Waals surface area contributed by atoms with E-state index in [4.69, 9.17) is 0 Å². The Morgan fingerprint density at radius 1 is 1.57 bits per heavy atom. The topological polar surface area (TPSA) is 3.24 Å². The number of hydrogen-bond donors (Lipinski definition) is 0. The molecule has 0 spiro atoms. The molecule has 0 rings (SSSR count). The van der Waals surface area contributed by atoms with Crippen molar-refractivity contribution >= 4 is 0 Å². The maximum atomic E-state index is 2.88. The Kier molecular flexibility index (Phi) is 3.22. The van der Waals surface area contributed by atoms with Gasteiger partial charge in [0.25, 0.3) is 0 Å². The molecule has 0 saturated heterocycles. The highest BCUT2D eigenvalue weighted by molar-refractivity contribution is 4.92. The van der Waals surface area contributed by atoms with Gasteiger partial charge >= 0.3 is 0 Å². The molecule has 1 heteroatoms. The maximum absolute atomic E-state index is 2.88. The summed E-state index contributed by atoms with van der Waals surface area (Å²) in [6.45, 7) is 4.91. The molecule has 0 radical (unpaired) electrons. The molecule has 0 aliphatic rings. The summed E-state index contributed by atoms with van der Waals surface area (Å²) in [5.41, 5.74) is 0. The van der Waals surface area contributed by atoms with Gasteiger partial charge in [0.1, 0.15) is 0 Å². The van der Waals surface area contributed by atoms with Crippen LogP contribution in [0.15, 0.2) is 0 Å². The van der Waals surface area contributed by atoms with Crippen molar-refractivity contribution in [3.05, 3.63) is 0 Å². The van der Waals surface area contributed by atoms with Crippen molar-refractivity contribution in [3.63, 3.8) is 0 Å². The number of nitrogens with zero attached hydrogens (tertiary/aromatic N) is 1. The van der Waals surface area contributed by atoms with E-state index in [-0.39, 0.29) is 0 Å². The van der Waals surface area contributed by atoms with Gasteiger partial charge in [0.2, 0.25) is 0 Å². The molecule has 40 valence electrons. The highest BCUT2D eigenvalue weighted by Gasteiger charge is 1.76. The summed E-state index contributed by atoms with van der Waals surface area (Å²) in [6, 6.07) is 2.88. The van der Waals surface area contributed by atoms with E-state index in [1.54, 1.807) is 0 Å². The van der Waals surface area contributed by atoms with E-state index in [9.17, 15) is 0 Å². The van der Waals surface area contributed by atoms with Crippen molar-refractivity contribution in [2.45, 2.75) is 13.8 Å². The quantitative estimate of drug-likeness (QED) is 0.347. The molecule has 0 aliphatic carbocycles. The van der Waals surface area contributed by atoms with Gasteiger partial charge in [0.05, 0.1) is 0 Å². The molecule has 0 fully saturated rings. The van der Waals surface area contributed by atoms with E-state index >= 15 is 0 Å². The monoisotopic (exact) mass is 97.1 g/mol. The predicted molar refractivity (Wildman–Crippen MR) is 31.8 cm³/mol. The fourth-order valence-electron chi connectivity index (χ4n) is 0.270. The molecule has 0 aliphatic heterocycles. The lowest BCUT2D eigenvalue weighted by Crippen LogP contribution is -2.08. The Morgan fingerprint density at radius 3 is 2.29 bits per heavy atom. The normalized spacial score (nSPS) is 6.71. The average molecular weight is 97.2 g/mol. The van der Waals surface area contributed by atoms with Crippen LogP contribution >= 0.6 is 0 Å². The summed E-state index contributed by atoms with van der Waals surface area (Å²) in [4.78, 5) is 1.94. The van der Waals surface area contributed by atoms with Gasteiger partial charge in [-0.15, -0.1) is 0 Å². The van der Waals surface area contributed by atoms with Crippen LogP contribution in [0.3, 0.4) is 0 Å². The third kappa shape index (κ3) is 3.18.